The van der Waals surface area contributed by atoms with Crippen LogP contribution in [0.1, 0.15) is 46.5 Å². The van der Waals surface area contributed by atoms with Crippen LogP contribution in [0.15, 0.2) is 0 Å². The van der Waals surface area contributed by atoms with Gasteiger partial charge in [0.05, 0.1) is 0 Å². The molecular weight excluding hydrogens is 220 g/mol. The Morgan fingerprint density at radius 2 is 1.83 bits per heavy atom. The van der Waals surface area contributed by atoms with Crippen molar-refractivity contribution in [2.75, 3.05) is 26.2 Å². The summed E-state index contributed by atoms with van der Waals surface area (Å²) < 4.78 is 0. The number of likely N-dealkylation sites (tertiary alicyclic amines) is 1. The Balaban J connectivity index is 1.60. The molecule has 2 heteroatoms. The maximum Gasteiger partial charge on any atom is 0.0197 e. The molecule has 18 heavy (non-hydrogen) atoms. The molecule has 2 nitrogen and oxygen atoms in total. The van der Waals surface area contributed by atoms with Crippen LogP contribution in [0.5, 0.6) is 0 Å². The van der Waals surface area contributed by atoms with E-state index in [-0.39, 0.29) is 0 Å². The van der Waals surface area contributed by atoms with E-state index in [1.165, 1.54) is 51.9 Å². The zero-order chi connectivity index (χ0) is 12.8. The summed E-state index contributed by atoms with van der Waals surface area (Å²) in [7, 11) is 0. The maximum atomic E-state index is 3.58. The van der Waals surface area contributed by atoms with Gasteiger partial charge in [-0.05, 0) is 56.9 Å². The molecule has 0 aromatic heterocycles. The predicted molar refractivity (Wildman–Crippen MR) is 76.6 cm³/mol. The molecule has 2 atom stereocenters. The molecule has 0 bridgehead atoms. The minimum atomic E-state index is 0.428. The third-order valence-corrected chi connectivity index (χ3v) is 6.13. The highest BCUT2D eigenvalue weighted by atomic mass is 15.2. The highest BCUT2D eigenvalue weighted by molar-refractivity contribution is 5.04. The second kappa shape index (κ2) is 4.79. The number of hydrogen-bond donors (Lipinski definition) is 1. The Morgan fingerprint density at radius 3 is 2.50 bits per heavy atom. The standard InChI is InChI=1S/C16H30N2/c1-12-4-6-13(7-5-12)10-18-11-14-8-17-9-15(14)16(18,2)3/h12-15,17H,4-11H2,1-3H3. The van der Waals surface area contributed by atoms with Gasteiger partial charge < -0.3 is 5.32 Å². The number of nitrogens with one attached hydrogen (secondary N) is 1. The van der Waals surface area contributed by atoms with Gasteiger partial charge >= 0.3 is 0 Å². The highest BCUT2D eigenvalue weighted by Crippen LogP contribution is 2.42. The fraction of sp³-hybridized carbons (Fsp3) is 1.00. The van der Waals surface area contributed by atoms with Crippen molar-refractivity contribution in [3.05, 3.63) is 0 Å². The minimum Gasteiger partial charge on any atom is -0.316 e. The first-order valence-corrected chi connectivity index (χ1v) is 8.03. The van der Waals surface area contributed by atoms with E-state index in [4.69, 9.17) is 0 Å². The first kappa shape index (κ1) is 12.9. The molecule has 3 fully saturated rings. The molecule has 2 heterocycles. The first-order valence-electron chi connectivity index (χ1n) is 8.03. The van der Waals surface area contributed by atoms with Gasteiger partial charge in [0.25, 0.3) is 0 Å². The van der Waals surface area contributed by atoms with E-state index < -0.39 is 0 Å². The minimum absolute atomic E-state index is 0.428. The van der Waals surface area contributed by atoms with Gasteiger partial charge in [-0.3, -0.25) is 4.90 Å². The normalized spacial score (nSPS) is 44.2. The van der Waals surface area contributed by atoms with E-state index in [2.05, 4.69) is 31.0 Å². The lowest BCUT2D eigenvalue weighted by Crippen LogP contribution is -2.46. The summed E-state index contributed by atoms with van der Waals surface area (Å²) in [5, 5.41) is 3.58. The molecule has 0 radical (unpaired) electrons. The van der Waals surface area contributed by atoms with Crippen LogP contribution in [-0.4, -0.2) is 36.6 Å². The molecule has 1 N–H and O–H groups in total. The van der Waals surface area contributed by atoms with Crippen LogP contribution < -0.4 is 5.32 Å². The number of rotatable bonds is 2. The smallest absolute Gasteiger partial charge is 0.0197 e. The summed E-state index contributed by atoms with van der Waals surface area (Å²) in [6, 6.07) is 0. The molecule has 3 rings (SSSR count). The van der Waals surface area contributed by atoms with E-state index in [0.717, 1.165) is 23.7 Å². The average molecular weight is 250 g/mol. The first-order chi connectivity index (χ1) is 8.57. The van der Waals surface area contributed by atoms with Crippen molar-refractivity contribution in [1.82, 2.24) is 10.2 Å². The van der Waals surface area contributed by atoms with Crippen molar-refractivity contribution in [2.24, 2.45) is 23.7 Å². The van der Waals surface area contributed by atoms with Crippen LogP contribution >= 0.6 is 0 Å². The van der Waals surface area contributed by atoms with Gasteiger partial charge in [0.2, 0.25) is 0 Å². The van der Waals surface area contributed by atoms with E-state index >= 15 is 0 Å². The molecule has 2 aliphatic heterocycles. The van der Waals surface area contributed by atoms with Crippen LogP contribution in [0.4, 0.5) is 0 Å². The average Bonchev–Trinajstić information content (AvgIpc) is 2.87. The van der Waals surface area contributed by atoms with Crippen molar-refractivity contribution in [2.45, 2.75) is 52.0 Å². The van der Waals surface area contributed by atoms with Crippen molar-refractivity contribution in [3.63, 3.8) is 0 Å². The molecule has 104 valence electrons. The molecule has 2 saturated heterocycles. The lowest BCUT2D eigenvalue weighted by molar-refractivity contribution is 0.102. The zero-order valence-electron chi connectivity index (χ0n) is 12.4. The summed E-state index contributed by atoms with van der Waals surface area (Å²) >= 11 is 0. The third-order valence-electron chi connectivity index (χ3n) is 6.13. The molecule has 0 amide bonds. The fourth-order valence-electron chi connectivity index (χ4n) is 4.64. The Hall–Kier alpha value is -0.0800. The highest BCUT2D eigenvalue weighted by Gasteiger charge is 2.49. The van der Waals surface area contributed by atoms with E-state index in [9.17, 15) is 0 Å². The summed E-state index contributed by atoms with van der Waals surface area (Å²) in [5.41, 5.74) is 0.428. The lowest BCUT2D eigenvalue weighted by atomic mass is 9.81. The van der Waals surface area contributed by atoms with Crippen molar-refractivity contribution < 1.29 is 0 Å². The van der Waals surface area contributed by atoms with Crippen molar-refractivity contribution in [3.8, 4) is 0 Å². The van der Waals surface area contributed by atoms with E-state index in [1.807, 2.05) is 0 Å². The molecule has 3 aliphatic rings. The van der Waals surface area contributed by atoms with Gasteiger partial charge in [-0.1, -0.05) is 19.8 Å². The van der Waals surface area contributed by atoms with Crippen LogP contribution in [-0.2, 0) is 0 Å². The van der Waals surface area contributed by atoms with Crippen molar-refractivity contribution >= 4 is 0 Å². The molecule has 1 aliphatic carbocycles. The maximum absolute atomic E-state index is 3.58. The summed E-state index contributed by atoms with van der Waals surface area (Å²) in [6.45, 7) is 12.6. The van der Waals surface area contributed by atoms with Gasteiger partial charge in [-0.2, -0.15) is 0 Å². The number of fused-ring (bicyclic) bond motifs is 1. The Kier molecular flexibility index (Phi) is 3.44. The molecular formula is C16H30N2. The SMILES string of the molecule is CC1CCC(CN2CC3CNCC3C2(C)C)CC1. The monoisotopic (exact) mass is 250 g/mol. The largest absolute Gasteiger partial charge is 0.316 e. The molecule has 1 saturated carbocycles. The van der Waals surface area contributed by atoms with Gasteiger partial charge in [-0.25, -0.2) is 0 Å². The van der Waals surface area contributed by atoms with E-state index in [0.29, 0.717) is 5.54 Å². The second-order valence-corrected chi connectivity index (χ2v) is 7.71. The lowest BCUT2D eigenvalue weighted by Gasteiger charge is -2.39. The van der Waals surface area contributed by atoms with Gasteiger partial charge in [0.15, 0.2) is 0 Å². The summed E-state index contributed by atoms with van der Waals surface area (Å²) in [4.78, 5) is 2.82. The molecule has 0 aromatic rings. The van der Waals surface area contributed by atoms with Gasteiger partial charge in [-0.15, -0.1) is 0 Å². The number of nitrogens with zero attached hydrogens (tertiary/aromatic N) is 1. The molecule has 2 unspecified atom stereocenters. The zero-order valence-corrected chi connectivity index (χ0v) is 12.4. The van der Waals surface area contributed by atoms with Gasteiger partial charge in [0.1, 0.15) is 0 Å². The number of hydrogen-bond acceptors (Lipinski definition) is 2. The van der Waals surface area contributed by atoms with Crippen LogP contribution in [0.3, 0.4) is 0 Å². The molecule has 0 aromatic carbocycles. The van der Waals surface area contributed by atoms with E-state index in [1.54, 1.807) is 0 Å². The topological polar surface area (TPSA) is 15.3 Å². The third kappa shape index (κ3) is 2.22. The summed E-state index contributed by atoms with van der Waals surface area (Å²) in [5.74, 6) is 3.77. The Morgan fingerprint density at radius 1 is 1.11 bits per heavy atom. The Labute approximate surface area is 113 Å². The quantitative estimate of drug-likeness (QED) is 0.811. The molecule has 0 spiro atoms. The fourth-order valence-corrected chi connectivity index (χ4v) is 4.64. The van der Waals surface area contributed by atoms with Crippen LogP contribution in [0, 0.1) is 23.7 Å². The van der Waals surface area contributed by atoms with Crippen molar-refractivity contribution in [1.29, 1.82) is 0 Å². The van der Waals surface area contributed by atoms with Gasteiger partial charge in [0, 0.05) is 25.2 Å². The van der Waals surface area contributed by atoms with Crippen LogP contribution in [0.25, 0.3) is 0 Å². The van der Waals surface area contributed by atoms with Crippen LogP contribution in [0.2, 0.25) is 0 Å². The Bertz CT molecular complexity index is 291. The predicted octanol–water partition coefficient (Wildman–Crippen LogP) is 2.74. The summed E-state index contributed by atoms with van der Waals surface area (Å²) in [6.07, 6.45) is 5.88. The second-order valence-electron chi connectivity index (χ2n) is 7.71.